The van der Waals surface area contributed by atoms with Gasteiger partial charge in [-0.15, -0.1) is 0 Å². The fraction of sp³-hybridized carbons (Fsp3) is 0.333. The minimum atomic E-state index is -1.07. The first-order chi connectivity index (χ1) is 7.91. The maximum atomic E-state index is 13.3. The standard InChI is InChI=1S/C12H12FNO3/c1-5-3-7(13)4-8-9(6(2)12(16)17)11(15)14-10(5)8/h3-4,6,9H,1-2H3,(H,14,15)(H,16,17). The number of aliphatic carboxylic acids is 1. The van der Waals surface area contributed by atoms with E-state index in [1.807, 2.05) is 0 Å². The monoisotopic (exact) mass is 237 g/mol. The van der Waals surface area contributed by atoms with Gasteiger partial charge in [-0.3, -0.25) is 9.59 Å². The molecule has 0 radical (unpaired) electrons. The van der Waals surface area contributed by atoms with Crippen molar-refractivity contribution in [1.82, 2.24) is 0 Å². The van der Waals surface area contributed by atoms with Crippen molar-refractivity contribution in [3.63, 3.8) is 0 Å². The lowest BCUT2D eigenvalue weighted by molar-refractivity contribution is -0.143. The Hall–Kier alpha value is -1.91. The van der Waals surface area contributed by atoms with Gasteiger partial charge in [0.15, 0.2) is 0 Å². The molecule has 0 saturated heterocycles. The second-order valence-electron chi connectivity index (χ2n) is 4.28. The van der Waals surface area contributed by atoms with Crippen molar-refractivity contribution in [3.05, 3.63) is 29.1 Å². The van der Waals surface area contributed by atoms with Crippen molar-refractivity contribution in [1.29, 1.82) is 0 Å². The van der Waals surface area contributed by atoms with Crippen LogP contribution in [0.1, 0.15) is 24.0 Å². The Kier molecular flexibility index (Phi) is 2.61. The molecule has 1 aromatic carbocycles. The summed E-state index contributed by atoms with van der Waals surface area (Å²) in [5.74, 6) is -3.61. The van der Waals surface area contributed by atoms with Gasteiger partial charge in [-0.2, -0.15) is 0 Å². The van der Waals surface area contributed by atoms with E-state index in [0.717, 1.165) is 0 Å². The summed E-state index contributed by atoms with van der Waals surface area (Å²) in [4.78, 5) is 22.7. The number of carbonyl (C=O) groups is 2. The van der Waals surface area contributed by atoms with Crippen LogP contribution in [0.25, 0.3) is 0 Å². The number of amides is 1. The molecule has 0 aromatic heterocycles. The summed E-state index contributed by atoms with van der Waals surface area (Å²) in [6.45, 7) is 3.12. The van der Waals surface area contributed by atoms with Gasteiger partial charge in [0, 0.05) is 5.69 Å². The van der Waals surface area contributed by atoms with E-state index in [1.54, 1.807) is 6.92 Å². The minimum Gasteiger partial charge on any atom is -0.481 e. The molecule has 1 aromatic rings. The zero-order valence-corrected chi connectivity index (χ0v) is 9.45. The van der Waals surface area contributed by atoms with Gasteiger partial charge in [-0.25, -0.2) is 4.39 Å². The van der Waals surface area contributed by atoms with E-state index in [9.17, 15) is 14.0 Å². The highest BCUT2D eigenvalue weighted by Gasteiger charge is 2.39. The Bertz CT molecular complexity index is 513. The number of carbonyl (C=O) groups excluding carboxylic acids is 1. The lowest BCUT2D eigenvalue weighted by Gasteiger charge is -2.13. The van der Waals surface area contributed by atoms with Crippen molar-refractivity contribution in [2.24, 2.45) is 5.92 Å². The molecule has 0 spiro atoms. The topological polar surface area (TPSA) is 66.4 Å². The summed E-state index contributed by atoms with van der Waals surface area (Å²) in [6, 6.07) is 2.54. The van der Waals surface area contributed by atoms with Gasteiger partial charge in [-0.1, -0.05) is 6.92 Å². The lowest BCUT2D eigenvalue weighted by Crippen LogP contribution is -2.24. The third-order valence-corrected chi connectivity index (χ3v) is 3.09. The van der Waals surface area contributed by atoms with E-state index in [4.69, 9.17) is 5.11 Å². The van der Waals surface area contributed by atoms with Crippen molar-refractivity contribution in [2.75, 3.05) is 5.32 Å². The summed E-state index contributed by atoms with van der Waals surface area (Å²) in [5.41, 5.74) is 1.57. The highest BCUT2D eigenvalue weighted by Crippen LogP contribution is 2.39. The Morgan fingerprint density at radius 1 is 1.53 bits per heavy atom. The summed E-state index contributed by atoms with van der Waals surface area (Å²) < 4.78 is 13.3. The molecule has 4 nitrogen and oxygen atoms in total. The van der Waals surface area contributed by atoms with Gasteiger partial charge in [0.1, 0.15) is 5.82 Å². The highest BCUT2D eigenvalue weighted by molar-refractivity contribution is 6.05. The van der Waals surface area contributed by atoms with Gasteiger partial charge in [-0.05, 0) is 30.2 Å². The van der Waals surface area contributed by atoms with E-state index in [0.29, 0.717) is 16.8 Å². The number of halogens is 1. The Labute approximate surface area is 97.4 Å². The van der Waals surface area contributed by atoms with Crippen LogP contribution < -0.4 is 5.32 Å². The molecular weight excluding hydrogens is 225 g/mol. The number of nitrogens with one attached hydrogen (secondary N) is 1. The molecule has 5 heteroatoms. The second-order valence-corrected chi connectivity index (χ2v) is 4.28. The molecule has 2 N–H and O–H groups in total. The number of carboxylic acid groups (broad SMARTS) is 1. The first-order valence-corrected chi connectivity index (χ1v) is 5.25. The summed E-state index contributed by atoms with van der Waals surface area (Å²) in [7, 11) is 0. The molecule has 0 bridgehead atoms. The molecule has 2 rings (SSSR count). The fourth-order valence-corrected chi connectivity index (χ4v) is 2.17. The van der Waals surface area contributed by atoms with Crippen molar-refractivity contribution >= 4 is 17.6 Å². The number of rotatable bonds is 2. The molecule has 2 atom stereocenters. The predicted octanol–water partition coefficient (Wildman–Crippen LogP) is 1.89. The molecule has 1 aliphatic rings. The Morgan fingerprint density at radius 3 is 2.76 bits per heavy atom. The Morgan fingerprint density at radius 2 is 2.18 bits per heavy atom. The predicted molar refractivity (Wildman–Crippen MR) is 59.3 cm³/mol. The quantitative estimate of drug-likeness (QED) is 0.825. The van der Waals surface area contributed by atoms with Gasteiger partial charge in [0.2, 0.25) is 5.91 Å². The molecule has 17 heavy (non-hydrogen) atoms. The molecule has 1 amide bonds. The maximum absolute atomic E-state index is 13.3. The minimum absolute atomic E-state index is 0.386. The molecule has 0 fully saturated rings. The molecule has 0 saturated carbocycles. The zero-order valence-electron chi connectivity index (χ0n) is 9.45. The van der Waals surface area contributed by atoms with Crippen LogP contribution in [-0.2, 0) is 9.59 Å². The van der Waals surface area contributed by atoms with Gasteiger partial charge < -0.3 is 10.4 Å². The number of benzene rings is 1. The van der Waals surface area contributed by atoms with E-state index in [-0.39, 0.29) is 5.91 Å². The van der Waals surface area contributed by atoms with Crippen molar-refractivity contribution in [2.45, 2.75) is 19.8 Å². The van der Waals surface area contributed by atoms with Gasteiger partial charge in [0.05, 0.1) is 11.8 Å². The molecule has 0 aliphatic carbocycles. The third-order valence-electron chi connectivity index (χ3n) is 3.09. The first-order valence-electron chi connectivity index (χ1n) is 5.25. The van der Waals surface area contributed by atoms with Gasteiger partial charge >= 0.3 is 5.97 Å². The average molecular weight is 237 g/mol. The van der Waals surface area contributed by atoms with Crippen LogP contribution in [-0.4, -0.2) is 17.0 Å². The fourth-order valence-electron chi connectivity index (χ4n) is 2.17. The summed E-state index contributed by atoms with van der Waals surface area (Å²) in [6.07, 6.45) is 0. The van der Waals surface area contributed by atoms with E-state index in [1.165, 1.54) is 19.1 Å². The van der Waals surface area contributed by atoms with Crippen molar-refractivity contribution in [3.8, 4) is 0 Å². The van der Waals surface area contributed by atoms with Crippen LogP contribution >= 0.6 is 0 Å². The largest absolute Gasteiger partial charge is 0.481 e. The van der Waals surface area contributed by atoms with Crippen LogP contribution in [0.3, 0.4) is 0 Å². The number of aryl methyl sites for hydroxylation is 1. The molecular formula is C12H12FNO3. The zero-order chi connectivity index (χ0) is 12.7. The maximum Gasteiger partial charge on any atom is 0.307 e. The second kappa shape index (κ2) is 3.84. The molecule has 1 aliphatic heterocycles. The van der Waals surface area contributed by atoms with E-state index < -0.39 is 23.6 Å². The van der Waals surface area contributed by atoms with E-state index in [2.05, 4.69) is 5.32 Å². The molecule has 2 unspecified atom stereocenters. The summed E-state index contributed by atoms with van der Waals surface area (Å²) >= 11 is 0. The lowest BCUT2D eigenvalue weighted by atomic mass is 9.88. The van der Waals surface area contributed by atoms with Crippen LogP contribution in [0, 0.1) is 18.7 Å². The number of hydrogen-bond acceptors (Lipinski definition) is 2. The average Bonchev–Trinajstić information content (AvgIpc) is 2.54. The summed E-state index contributed by atoms with van der Waals surface area (Å²) in [5, 5.41) is 11.6. The van der Waals surface area contributed by atoms with Crippen LogP contribution in [0.4, 0.5) is 10.1 Å². The van der Waals surface area contributed by atoms with Crippen LogP contribution in [0.15, 0.2) is 12.1 Å². The number of anilines is 1. The number of fused-ring (bicyclic) bond motifs is 1. The van der Waals surface area contributed by atoms with Gasteiger partial charge in [0.25, 0.3) is 0 Å². The van der Waals surface area contributed by atoms with Crippen LogP contribution in [0.5, 0.6) is 0 Å². The SMILES string of the molecule is Cc1cc(F)cc2c1NC(=O)C2C(C)C(=O)O. The van der Waals surface area contributed by atoms with Crippen LogP contribution in [0.2, 0.25) is 0 Å². The normalized spacial score (nSPS) is 19.7. The van der Waals surface area contributed by atoms with E-state index >= 15 is 0 Å². The highest BCUT2D eigenvalue weighted by atomic mass is 19.1. The number of carboxylic acids is 1. The Balaban J connectivity index is 2.54. The molecule has 1 heterocycles. The van der Waals surface area contributed by atoms with Crippen molar-refractivity contribution < 1.29 is 19.1 Å². The first kappa shape index (κ1) is 11.6. The number of hydrogen-bond donors (Lipinski definition) is 2. The molecule has 90 valence electrons. The smallest absolute Gasteiger partial charge is 0.307 e. The third kappa shape index (κ3) is 1.77.